The molecular formula is C15H25N3O. The van der Waals surface area contributed by atoms with Crippen molar-refractivity contribution in [3.05, 3.63) is 0 Å². The van der Waals surface area contributed by atoms with Crippen LogP contribution in [-0.2, 0) is 4.74 Å². The Morgan fingerprint density at radius 3 is 2.47 bits per heavy atom. The molecule has 0 amide bonds. The first kappa shape index (κ1) is 13.4. The predicted molar refractivity (Wildman–Crippen MR) is 73.7 cm³/mol. The maximum absolute atomic E-state index is 9.72. The first-order valence-electron chi connectivity index (χ1n) is 7.80. The Bertz CT molecular complexity index is 351. The molecule has 2 saturated heterocycles. The van der Waals surface area contributed by atoms with E-state index in [-0.39, 0.29) is 5.54 Å². The topological polar surface area (TPSA) is 48.3 Å². The number of morpholine rings is 1. The zero-order valence-corrected chi connectivity index (χ0v) is 11.9. The van der Waals surface area contributed by atoms with Gasteiger partial charge in [-0.25, -0.2) is 0 Å². The molecule has 3 unspecified atom stereocenters. The Hall–Kier alpha value is -0.630. The van der Waals surface area contributed by atoms with E-state index in [9.17, 15) is 5.26 Å². The van der Waals surface area contributed by atoms with Gasteiger partial charge in [0.25, 0.3) is 0 Å². The summed E-state index contributed by atoms with van der Waals surface area (Å²) in [6.45, 7) is 6.02. The second kappa shape index (κ2) is 5.40. The van der Waals surface area contributed by atoms with Crippen LogP contribution in [0.1, 0.15) is 39.0 Å². The van der Waals surface area contributed by atoms with Crippen molar-refractivity contribution < 1.29 is 4.74 Å². The van der Waals surface area contributed by atoms with Crippen molar-refractivity contribution in [1.82, 2.24) is 10.2 Å². The Morgan fingerprint density at radius 2 is 1.95 bits per heavy atom. The maximum Gasteiger partial charge on any atom is 0.122 e. The highest BCUT2D eigenvalue weighted by Gasteiger charge is 2.47. The lowest BCUT2D eigenvalue weighted by atomic mass is 9.93. The summed E-state index contributed by atoms with van der Waals surface area (Å²) in [5, 5.41) is 13.3. The standard InChI is InChI=1S/C15H25N3O/c1-2-7-17-15(10-16,12-3-4-12)11-18-8-13-5-6-14(9-18)19-13/h12-14,17H,2-9,11H2,1H3. The molecule has 106 valence electrons. The fourth-order valence-electron chi connectivity index (χ4n) is 3.60. The number of fused-ring (bicyclic) bond motifs is 2. The third-order valence-corrected chi connectivity index (χ3v) is 4.76. The summed E-state index contributed by atoms with van der Waals surface area (Å²) in [5.74, 6) is 0.560. The van der Waals surface area contributed by atoms with E-state index in [1.165, 1.54) is 25.7 Å². The van der Waals surface area contributed by atoms with Crippen molar-refractivity contribution in [1.29, 1.82) is 5.26 Å². The Labute approximate surface area is 116 Å². The van der Waals surface area contributed by atoms with Crippen molar-refractivity contribution in [2.24, 2.45) is 5.92 Å². The maximum atomic E-state index is 9.72. The lowest BCUT2D eigenvalue weighted by molar-refractivity contribution is -0.0444. The van der Waals surface area contributed by atoms with E-state index in [0.717, 1.165) is 32.6 Å². The van der Waals surface area contributed by atoms with Gasteiger partial charge in [-0.05, 0) is 44.6 Å². The number of nitriles is 1. The average Bonchev–Trinajstić information content (AvgIpc) is 3.21. The predicted octanol–water partition coefficient (Wildman–Crippen LogP) is 1.52. The molecule has 2 bridgehead atoms. The number of rotatable bonds is 6. The zero-order valence-electron chi connectivity index (χ0n) is 11.9. The fourth-order valence-corrected chi connectivity index (χ4v) is 3.60. The van der Waals surface area contributed by atoms with Gasteiger partial charge < -0.3 is 4.74 Å². The van der Waals surface area contributed by atoms with Gasteiger partial charge in [-0.15, -0.1) is 0 Å². The fraction of sp³-hybridized carbons (Fsp3) is 0.933. The van der Waals surface area contributed by atoms with E-state index >= 15 is 0 Å². The highest BCUT2D eigenvalue weighted by molar-refractivity contribution is 5.17. The number of hydrogen-bond donors (Lipinski definition) is 1. The molecule has 4 nitrogen and oxygen atoms in total. The van der Waals surface area contributed by atoms with E-state index in [2.05, 4.69) is 23.2 Å². The largest absolute Gasteiger partial charge is 0.372 e. The highest BCUT2D eigenvalue weighted by atomic mass is 16.5. The molecule has 0 radical (unpaired) electrons. The van der Waals surface area contributed by atoms with E-state index < -0.39 is 0 Å². The third kappa shape index (κ3) is 2.79. The average molecular weight is 263 g/mol. The van der Waals surface area contributed by atoms with Crippen molar-refractivity contribution in [2.45, 2.75) is 56.8 Å². The molecular weight excluding hydrogens is 238 g/mol. The molecule has 0 aromatic heterocycles. The molecule has 2 heterocycles. The van der Waals surface area contributed by atoms with Gasteiger partial charge in [-0.1, -0.05) is 6.92 Å². The molecule has 1 N–H and O–H groups in total. The molecule has 0 aromatic carbocycles. The lowest BCUT2D eigenvalue weighted by Gasteiger charge is -2.38. The second-order valence-corrected chi connectivity index (χ2v) is 6.44. The van der Waals surface area contributed by atoms with Gasteiger partial charge in [-0.3, -0.25) is 10.2 Å². The van der Waals surface area contributed by atoms with Crippen LogP contribution in [-0.4, -0.2) is 48.8 Å². The number of nitrogens with one attached hydrogen (secondary N) is 1. The smallest absolute Gasteiger partial charge is 0.122 e. The normalized spacial score (nSPS) is 33.9. The van der Waals surface area contributed by atoms with Gasteiger partial charge in [-0.2, -0.15) is 5.26 Å². The molecule has 2 aliphatic heterocycles. The van der Waals surface area contributed by atoms with Crippen molar-refractivity contribution in [2.75, 3.05) is 26.2 Å². The van der Waals surface area contributed by atoms with Crippen LogP contribution < -0.4 is 5.32 Å². The number of hydrogen-bond acceptors (Lipinski definition) is 4. The zero-order chi connectivity index (χ0) is 13.3. The van der Waals surface area contributed by atoms with Gasteiger partial charge >= 0.3 is 0 Å². The Kier molecular flexibility index (Phi) is 3.79. The van der Waals surface area contributed by atoms with Gasteiger partial charge in [0.1, 0.15) is 5.54 Å². The quantitative estimate of drug-likeness (QED) is 0.789. The monoisotopic (exact) mass is 263 g/mol. The molecule has 4 heteroatoms. The van der Waals surface area contributed by atoms with Crippen molar-refractivity contribution in [3.63, 3.8) is 0 Å². The van der Waals surface area contributed by atoms with Crippen molar-refractivity contribution in [3.8, 4) is 6.07 Å². The van der Waals surface area contributed by atoms with E-state index in [1.807, 2.05) is 0 Å². The summed E-state index contributed by atoms with van der Waals surface area (Å²) in [4.78, 5) is 2.47. The SMILES string of the molecule is CCCNC(C#N)(CN1CC2CCC(C1)O2)C1CC1. The Morgan fingerprint density at radius 1 is 1.26 bits per heavy atom. The summed E-state index contributed by atoms with van der Waals surface area (Å²) >= 11 is 0. The minimum atomic E-state index is -0.313. The van der Waals surface area contributed by atoms with Crippen LogP contribution in [0, 0.1) is 17.2 Å². The highest BCUT2D eigenvalue weighted by Crippen LogP contribution is 2.40. The number of likely N-dealkylation sites (tertiary alicyclic amines) is 1. The van der Waals surface area contributed by atoms with E-state index in [4.69, 9.17) is 4.74 Å². The van der Waals surface area contributed by atoms with Gasteiger partial charge in [0.05, 0.1) is 18.3 Å². The van der Waals surface area contributed by atoms with Crippen LogP contribution in [0.3, 0.4) is 0 Å². The minimum Gasteiger partial charge on any atom is -0.372 e. The lowest BCUT2D eigenvalue weighted by Crippen LogP contribution is -2.57. The minimum absolute atomic E-state index is 0.313. The van der Waals surface area contributed by atoms with Gasteiger partial charge in [0.15, 0.2) is 0 Å². The molecule has 3 rings (SSSR count). The van der Waals surface area contributed by atoms with Crippen LogP contribution in [0.25, 0.3) is 0 Å². The van der Waals surface area contributed by atoms with Gasteiger partial charge in [0, 0.05) is 19.6 Å². The Balaban J connectivity index is 1.65. The summed E-state index contributed by atoms with van der Waals surface area (Å²) in [6.07, 6.45) is 6.74. The summed E-state index contributed by atoms with van der Waals surface area (Å²) < 4.78 is 5.89. The molecule has 3 aliphatic rings. The molecule has 3 fully saturated rings. The molecule has 3 atom stereocenters. The summed E-state index contributed by atoms with van der Waals surface area (Å²) in [5.41, 5.74) is -0.313. The third-order valence-electron chi connectivity index (χ3n) is 4.76. The molecule has 0 aromatic rings. The second-order valence-electron chi connectivity index (χ2n) is 6.44. The van der Waals surface area contributed by atoms with Crippen LogP contribution in [0.5, 0.6) is 0 Å². The first-order valence-corrected chi connectivity index (χ1v) is 7.80. The van der Waals surface area contributed by atoms with Crippen LogP contribution in [0.4, 0.5) is 0 Å². The van der Waals surface area contributed by atoms with Crippen LogP contribution >= 0.6 is 0 Å². The first-order chi connectivity index (χ1) is 9.25. The van der Waals surface area contributed by atoms with E-state index in [1.54, 1.807) is 0 Å². The molecule has 1 saturated carbocycles. The van der Waals surface area contributed by atoms with Gasteiger partial charge in [0.2, 0.25) is 0 Å². The molecule has 19 heavy (non-hydrogen) atoms. The van der Waals surface area contributed by atoms with Crippen LogP contribution in [0.2, 0.25) is 0 Å². The van der Waals surface area contributed by atoms with Crippen molar-refractivity contribution >= 4 is 0 Å². The molecule has 1 aliphatic carbocycles. The molecule has 0 spiro atoms. The van der Waals surface area contributed by atoms with E-state index in [0.29, 0.717) is 18.1 Å². The number of nitrogens with zero attached hydrogens (tertiary/aromatic N) is 2. The van der Waals surface area contributed by atoms with Crippen LogP contribution in [0.15, 0.2) is 0 Å². The summed E-state index contributed by atoms with van der Waals surface area (Å²) in [6, 6.07) is 2.62. The summed E-state index contributed by atoms with van der Waals surface area (Å²) in [7, 11) is 0. The number of ether oxygens (including phenoxy) is 1.